The highest BCUT2D eigenvalue weighted by molar-refractivity contribution is 6.33. The molecule has 0 bridgehead atoms. The molecule has 0 amide bonds. The van der Waals surface area contributed by atoms with Gasteiger partial charge in [-0.25, -0.2) is 9.67 Å². The monoisotopic (exact) mass is 390 g/mol. The Morgan fingerprint density at radius 2 is 2.07 bits per heavy atom. The number of aryl methyl sites for hydroxylation is 1. The van der Waals surface area contributed by atoms with Crippen LogP contribution in [-0.2, 0) is 11.8 Å². The Labute approximate surface area is 162 Å². The smallest absolute Gasteiger partial charge is 0.291 e. The van der Waals surface area contributed by atoms with Crippen molar-refractivity contribution in [2.75, 3.05) is 43.1 Å². The number of piperazine rings is 1. The topological polar surface area (TPSA) is 75.5 Å². The zero-order valence-corrected chi connectivity index (χ0v) is 16.2. The first-order valence-electron chi connectivity index (χ1n) is 9.06. The van der Waals surface area contributed by atoms with Crippen LogP contribution in [-0.4, -0.2) is 64.6 Å². The molecule has 0 aliphatic carbocycles. The highest BCUT2D eigenvalue weighted by Gasteiger charge is 2.32. The Balaban J connectivity index is 1.45. The average molecular weight is 391 g/mol. The summed E-state index contributed by atoms with van der Waals surface area (Å²) in [5.74, 6) is 0.571. The first kappa shape index (κ1) is 18.2. The highest BCUT2D eigenvalue weighted by atomic mass is 35.5. The van der Waals surface area contributed by atoms with Gasteiger partial charge >= 0.3 is 0 Å². The van der Waals surface area contributed by atoms with Gasteiger partial charge in [0, 0.05) is 32.7 Å². The Hall–Kier alpha value is -2.16. The first-order chi connectivity index (χ1) is 13.0. The first-order valence-corrected chi connectivity index (χ1v) is 9.44. The molecule has 0 aromatic carbocycles. The van der Waals surface area contributed by atoms with E-state index in [2.05, 4.69) is 32.1 Å². The number of hydrogen-bond donors (Lipinski definition) is 1. The fraction of sp³-hybridized carbons (Fsp3) is 0.500. The summed E-state index contributed by atoms with van der Waals surface area (Å²) >= 11 is 6.09. The van der Waals surface area contributed by atoms with Gasteiger partial charge in [-0.1, -0.05) is 11.6 Å². The van der Waals surface area contributed by atoms with Crippen molar-refractivity contribution < 1.29 is 4.74 Å². The van der Waals surface area contributed by atoms with Crippen molar-refractivity contribution in [1.29, 1.82) is 0 Å². The molecule has 0 radical (unpaired) electrons. The van der Waals surface area contributed by atoms with E-state index in [9.17, 15) is 4.79 Å². The van der Waals surface area contributed by atoms with Gasteiger partial charge < -0.3 is 15.0 Å². The number of rotatable bonds is 4. The number of nitrogens with zero attached hydrogens (tertiary/aromatic N) is 5. The molecule has 2 saturated heterocycles. The standard InChI is InChI=1S/C18H23ClN6O2/c1-12-9-24(14-10-27-11-14)5-6-25(12)13-3-4-16(20-7-13)22-17-15(19)8-21-23(2)18(17)26/h3-4,7-8,12,14H,5-6,9-11H2,1-2H3,(H,20,22). The minimum Gasteiger partial charge on any atom is -0.378 e. The van der Waals surface area contributed by atoms with E-state index in [1.54, 1.807) is 7.05 Å². The van der Waals surface area contributed by atoms with Crippen LogP contribution in [0.5, 0.6) is 0 Å². The second-order valence-corrected chi connectivity index (χ2v) is 7.46. The minimum absolute atomic E-state index is 0.272. The quantitative estimate of drug-likeness (QED) is 0.847. The molecule has 2 aliphatic heterocycles. The number of aromatic nitrogens is 3. The van der Waals surface area contributed by atoms with Crippen molar-refractivity contribution in [3.8, 4) is 0 Å². The summed E-state index contributed by atoms with van der Waals surface area (Å²) in [7, 11) is 1.58. The normalized spacial score (nSPS) is 21.1. The van der Waals surface area contributed by atoms with Gasteiger partial charge in [-0.15, -0.1) is 0 Å². The summed E-state index contributed by atoms with van der Waals surface area (Å²) in [4.78, 5) is 21.5. The summed E-state index contributed by atoms with van der Waals surface area (Å²) in [6, 6.07) is 4.87. The van der Waals surface area contributed by atoms with Crippen LogP contribution in [0.4, 0.5) is 17.2 Å². The van der Waals surface area contributed by atoms with Gasteiger partial charge in [0.15, 0.2) is 0 Å². The number of ether oxygens (including phenoxy) is 1. The van der Waals surface area contributed by atoms with Crippen molar-refractivity contribution in [2.24, 2.45) is 7.05 Å². The van der Waals surface area contributed by atoms with Crippen LogP contribution in [0.15, 0.2) is 29.3 Å². The lowest BCUT2D eigenvalue weighted by Gasteiger charge is -2.46. The molecule has 4 heterocycles. The van der Waals surface area contributed by atoms with Crippen LogP contribution in [0.3, 0.4) is 0 Å². The van der Waals surface area contributed by atoms with E-state index >= 15 is 0 Å². The third kappa shape index (κ3) is 3.65. The van der Waals surface area contributed by atoms with Gasteiger partial charge in [0.2, 0.25) is 0 Å². The van der Waals surface area contributed by atoms with Gasteiger partial charge in [-0.3, -0.25) is 9.69 Å². The number of halogens is 1. The molecule has 0 spiro atoms. The van der Waals surface area contributed by atoms with E-state index in [1.807, 2.05) is 18.3 Å². The molecular formula is C18H23ClN6O2. The largest absolute Gasteiger partial charge is 0.378 e. The molecule has 2 fully saturated rings. The lowest BCUT2D eigenvalue weighted by molar-refractivity contribution is -0.0691. The molecule has 2 aromatic rings. The van der Waals surface area contributed by atoms with E-state index in [0.29, 0.717) is 17.9 Å². The summed E-state index contributed by atoms with van der Waals surface area (Å²) in [5, 5.41) is 7.16. The van der Waals surface area contributed by atoms with Crippen LogP contribution in [0.25, 0.3) is 0 Å². The molecule has 8 nitrogen and oxygen atoms in total. The lowest BCUT2D eigenvalue weighted by atomic mass is 10.1. The molecule has 1 N–H and O–H groups in total. The van der Waals surface area contributed by atoms with Gasteiger partial charge in [0.05, 0.1) is 42.4 Å². The fourth-order valence-corrected chi connectivity index (χ4v) is 3.70. The molecular weight excluding hydrogens is 368 g/mol. The fourth-order valence-electron chi connectivity index (χ4n) is 3.52. The molecule has 4 rings (SSSR count). The van der Waals surface area contributed by atoms with Crippen molar-refractivity contribution in [3.63, 3.8) is 0 Å². The number of anilines is 3. The Kier molecular flexibility index (Phi) is 5.03. The summed E-state index contributed by atoms with van der Waals surface area (Å²) in [6.45, 7) is 6.95. The van der Waals surface area contributed by atoms with Gasteiger partial charge in [-0.05, 0) is 19.1 Å². The zero-order valence-electron chi connectivity index (χ0n) is 15.4. The molecule has 2 aromatic heterocycles. The van der Waals surface area contributed by atoms with Gasteiger partial charge in [0.25, 0.3) is 5.56 Å². The Morgan fingerprint density at radius 1 is 1.26 bits per heavy atom. The Morgan fingerprint density at radius 3 is 2.70 bits per heavy atom. The van der Waals surface area contributed by atoms with Gasteiger partial charge in [0.1, 0.15) is 11.5 Å². The molecule has 9 heteroatoms. The number of nitrogens with one attached hydrogen (secondary N) is 1. The second-order valence-electron chi connectivity index (χ2n) is 7.05. The van der Waals surface area contributed by atoms with Crippen LogP contribution in [0.2, 0.25) is 5.02 Å². The van der Waals surface area contributed by atoms with E-state index in [-0.39, 0.29) is 16.3 Å². The molecule has 27 heavy (non-hydrogen) atoms. The number of pyridine rings is 1. The third-order valence-electron chi connectivity index (χ3n) is 5.22. The Bertz CT molecular complexity index is 867. The van der Waals surface area contributed by atoms with Crippen molar-refractivity contribution in [3.05, 3.63) is 39.9 Å². The predicted octanol–water partition coefficient (Wildman–Crippen LogP) is 1.48. The van der Waals surface area contributed by atoms with Crippen molar-refractivity contribution >= 4 is 28.8 Å². The van der Waals surface area contributed by atoms with E-state index in [1.165, 1.54) is 10.9 Å². The zero-order chi connectivity index (χ0) is 19.0. The van der Waals surface area contributed by atoms with Crippen LogP contribution in [0.1, 0.15) is 6.92 Å². The maximum atomic E-state index is 12.2. The predicted molar refractivity (Wildman–Crippen MR) is 105 cm³/mol. The third-order valence-corrected chi connectivity index (χ3v) is 5.51. The maximum Gasteiger partial charge on any atom is 0.291 e. The second kappa shape index (κ2) is 7.46. The number of hydrogen-bond acceptors (Lipinski definition) is 7. The van der Waals surface area contributed by atoms with Crippen molar-refractivity contribution in [1.82, 2.24) is 19.7 Å². The average Bonchev–Trinajstić information content (AvgIpc) is 2.61. The maximum absolute atomic E-state index is 12.2. The minimum atomic E-state index is -0.293. The highest BCUT2D eigenvalue weighted by Crippen LogP contribution is 2.25. The van der Waals surface area contributed by atoms with Crippen LogP contribution in [0, 0.1) is 0 Å². The van der Waals surface area contributed by atoms with E-state index in [0.717, 1.165) is 38.5 Å². The molecule has 2 aliphatic rings. The van der Waals surface area contributed by atoms with E-state index < -0.39 is 0 Å². The van der Waals surface area contributed by atoms with Gasteiger partial charge in [-0.2, -0.15) is 5.10 Å². The molecule has 144 valence electrons. The molecule has 1 unspecified atom stereocenters. The molecule has 1 atom stereocenters. The summed E-state index contributed by atoms with van der Waals surface area (Å²) in [6.07, 6.45) is 3.27. The molecule has 0 saturated carbocycles. The summed E-state index contributed by atoms with van der Waals surface area (Å²) < 4.78 is 6.54. The lowest BCUT2D eigenvalue weighted by Crippen LogP contribution is -2.59. The summed E-state index contributed by atoms with van der Waals surface area (Å²) in [5.41, 5.74) is 1.06. The van der Waals surface area contributed by atoms with Crippen LogP contribution < -0.4 is 15.8 Å². The van der Waals surface area contributed by atoms with Crippen LogP contribution >= 0.6 is 11.6 Å². The van der Waals surface area contributed by atoms with E-state index in [4.69, 9.17) is 16.3 Å². The van der Waals surface area contributed by atoms with Crippen molar-refractivity contribution in [2.45, 2.75) is 19.0 Å². The SMILES string of the molecule is CC1CN(C2COC2)CCN1c1ccc(Nc2c(Cl)cnn(C)c2=O)nc1.